The predicted molar refractivity (Wildman–Crippen MR) is 64.5 cm³/mol. The lowest BCUT2D eigenvalue weighted by atomic mass is 10.3. The lowest BCUT2D eigenvalue weighted by Gasteiger charge is -1.97. The van der Waals surface area contributed by atoms with Crippen LogP contribution in [0.4, 0.5) is 0 Å². The van der Waals surface area contributed by atoms with Gasteiger partial charge in [0.1, 0.15) is 0 Å². The van der Waals surface area contributed by atoms with Gasteiger partial charge in [0.05, 0.1) is 21.8 Å². The highest BCUT2D eigenvalue weighted by atomic mass is 32.1. The van der Waals surface area contributed by atoms with Crippen LogP contribution in [-0.4, -0.2) is 17.6 Å². The van der Waals surface area contributed by atoms with Gasteiger partial charge in [-0.1, -0.05) is 18.7 Å². The van der Waals surface area contributed by atoms with Crippen LogP contribution in [0.3, 0.4) is 0 Å². The van der Waals surface area contributed by atoms with Crippen molar-refractivity contribution in [1.82, 2.24) is 4.98 Å². The van der Waals surface area contributed by atoms with Crippen LogP contribution in [0.25, 0.3) is 10.2 Å². The second kappa shape index (κ2) is 4.90. The Morgan fingerprint density at radius 3 is 3.06 bits per heavy atom. The van der Waals surface area contributed by atoms with Crippen LogP contribution in [0.2, 0.25) is 0 Å². The highest BCUT2D eigenvalue weighted by Gasteiger charge is 2.03. The maximum atomic E-state index is 10.8. The molecule has 0 radical (unpaired) electrons. The van der Waals surface area contributed by atoms with Crippen molar-refractivity contribution in [3.63, 3.8) is 0 Å². The molecule has 0 aliphatic rings. The van der Waals surface area contributed by atoms with Gasteiger partial charge in [0.25, 0.3) is 0 Å². The van der Waals surface area contributed by atoms with Gasteiger partial charge in [0, 0.05) is 12.5 Å². The molecule has 3 nitrogen and oxygen atoms in total. The zero-order valence-electron chi connectivity index (χ0n) is 8.68. The predicted octanol–water partition coefficient (Wildman–Crippen LogP) is 2.57. The van der Waals surface area contributed by atoms with Crippen LogP contribution >= 0.6 is 11.3 Å². The molecule has 0 atom stereocenters. The Bertz CT molecular complexity index is 485. The second-order valence-corrected chi connectivity index (χ2v) is 4.31. The van der Waals surface area contributed by atoms with Crippen molar-refractivity contribution in [1.29, 1.82) is 0 Å². The summed E-state index contributed by atoms with van der Waals surface area (Å²) in [6, 6.07) is 7.96. The van der Waals surface area contributed by atoms with Gasteiger partial charge in [-0.2, -0.15) is 0 Å². The molecule has 0 N–H and O–H groups in total. The fraction of sp³-hybridized carbons (Fsp3) is 0.167. The number of para-hydroxylation sites is 1. The van der Waals surface area contributed by atoms with Crippen molar-refractivity contribution in [2.45, 2.75) is 6.42 Å². The first-order valence-electron chi connectivity index (χ1n) is 4.93. The summed E-state index contributed by atoms with van der Waals surface area (Å²) in [6.45, 7) is 3.69. The van der Waals surface area contributed by atoms with Gasteiger partial charge in [-0.3, -0.25) is 0 Å². The minimum absolute atomic E-state index is 0.352. The topological polar surface area (TPSA) is 39.2 Å². The minimum Gasteiger partial charge on any atom is -0.462 e. The van der Waals surface area contributed by atoms with Crippen LogP contribution in [-0.2, 0) is 16.0 Å². The number of benzene rings is 1. The SMILES string of the molecule is C=CC(=O)OCCc1nc2ccccc2s1. The first-order valence-corrected chi connectivity index (χ1v) is 5.75. The van der Waals surface area contributed by atoms with E-state index in [0.29, 0.717) is 13.0 Å². The Hall–Kier alpha value is -1.68. The van der Waals surface area contributed by atoms with Gasteiger partial charge >= 0.3 is 5.97 Å². The van der Waals surface area contributed by atoms with Gasteiger partial charge in [-0.25, -0.2) is 9.78 Å². The monoisotopic (exact) mass is 233 g/mol. The molecule has 16 heavy (non-hydrogen) atoms. The third-order valence-electron chi connectivity index (χ3n) is 2.07. The Labute approximate surface area is 97.4 Å². The molecule has 0 amide bonds. The zero-order valence-corrected chi connectivity index (χ0v) is 9.50. The number of thiazole rings is 1. The summed E-state index contributed by atoms with van der Waals surface area (Å²) in [4.78, 5) is 15.3. The smallest absolute Gasteiger partial charge is 0.330 e. The van der Waals surface area contributed by atoms with Gasteiger partial charge in [-0.05, 0) is 12.1 Å². The minimum atomic E-state index is -0.388. The maximum Gasteiger partial charge on any atom is 0.330 e. The third kappa shape index (κ3) is 2.46. The number of carbonyl (C=O) groups is 1. The number of hydrogen-bond donors (Lipinski definition) is 0. The maximum absolute atomic E-state index is 10.8. The molecule has 2 aromatic rings. The summed E-state index contributed by atoms with van der Waals surface area (Å²) in [5.41, 5.74) is 0.998. The van der Waals surface area contributed by atoms with E-state index < -0.39 is 0 Å². The number of hydrogen-bond acceptors (Lipinski definition) is 4. The largest absolute Gasteiger partial charge is 0.462 e. The molecular formula is C12H11NO2S. The summed E-state index contributed by atoms with van der Waals surface area (Å²) in [6.07, 6.45) is 1.82. The van der Waals surface area contributed by atoms with Crippen LogP contribution in [0.1, 0.15) is 5.01 Å². The summed E-state index contributed by atoms with van der Waals surface area (Å²) in [5.74, 6) is -0.388. The van der Waals surface area contributed by atoms with Gasteiger partial charge < -0.3 is 4.74 Å². The van der Waals surface area contributed by atoms with Crippen molar-refractivity contribution in [3.8, 4) is 0 Å². The van der Waals surface area contributed by atoms with Gasteiger partial charge in [0.15, 0.2) is 0 Å². The van der Waals surface area contributed by atoms with E-state index in [2.05, 4.69) is 11.6 Å². The van der Waals surface area contributed by atoms with Crippen molar-refractivity contribution in [2.75, 3.05) is 6.61 Å². The van der Waals surface area contributed by atoms with Crippen LogP contribution < -0.4 is 0 Å². The van der Waals surface area contributed by atoms with Crippen LogP contribution in [0.5, 0.6) is 0 Å². The Kier molecular flexibility index (Phi) is 3.31. The highest BCUT2D eigenvalue weighted by Crippen LogP contribution is 2.21. The first kappa shape index (κ1) is 10.8. The average Bonchev–Trinajstić information content (AvgIpc) is 2.71. The van der Waals surface area contributed by atoms with Crippen LogP contribution in [0, 0.1) is 0 Å². The van der Waals surface area contributed by atoms with Crippen LogP contribution in [0.15, 0.2) is 36.9 Å². The average molecular weight is 233 g/mol. The molecule has 2 rings (SSSR count). The molecule has 0 aliphatic carbocycles. The van der Waals surface area contributed by atoms with Crippen molar-refractivity contribution in [3.05, 3.63) is 41.9 Å². The molecule has 0 unspecified atom stereocenters. The van der Waals surface area contributed by atoms with E-state index in [1.165, 1.54) is 6.08 Å². The number of ether oxygens (including phenoxy) is 1. The fourth-order valence-corrected chi connectivity index (χ4v) is 2.27. The molecule has 0 saturated carbocycles. The van der Waals surface area contributed by atoms with E-state index in [0.717, 1.165) is 15.2 Å². The Morgan fingerprint density at radius 2 is 2.31 bits per heavy atom. The Balaban J connectivity index is 1.99. The van der Waals surface area contributed by atoms with E-state index in [1.807, 2.05) is 24.3 Å². The van der Waals surface area contributed by atoms with E-state index in [-0.39, 0.29) is 5.97 Å². The highest BCUT2D eigenvalue weighted by molar-refractivity contribution is 7.18. The van der Waals surface area contributed by atoms with E-state index in [9.17, 15) is 4.79 Å². The van der Waals surface area contributed by atoms with Gasteiger partial charge in [0.2, 0.25) is 0 Å². The molecule has 0 saturated heterocycles. The quantitative estimate of drug-likeness (QED) is 0.602. The van der Waals surface area contributed by atoms with E-state index >= 15 is 0 Å². The molecule has 1 aromatic carbocycles. The molecule has 4 heteroatoms. The summed E-state index contributed by atoms with van der Waals surface area (Å²) in [7, 11) is 0. The number of rotatable bonds is 4. The standard InChI is InChI=1S/C12H11NO2S/c1-2-12(14)15-8-7-11-13-9-5-3-4-6-10(9)16-11/h2-6H,1,7-8H2. The Morgan fingerprint density at radius 1 is 1.50 bits per heavy atom. The van der Waals surface area contributed by atoms with Gasteiger partial charge in [-0.15, -0.1) is 11.3 Å². The number of fused-ring (bicyclic) bond motifs is 1. The number of aromatic nitrogens is 1. The number of esters is 1. The lowest BCUT2D eigenvalue weighted by molar-refractivity contribution is -0.137. The van der Waals surface area contributed by atoms with Crippen molar-refractivity contribution < 1.29 is 9.53 Å². The normalized spacial score (nSPS) is 10.2. The molecular weight excluding hydrogens is 222 g/mol. The van der Waals surface area contributed by atoms with E-state index in [1.54, 1.807) is 11.3 Å². The molecule has 1 aromatic heterocycles. The zero-order chi connectivity index (χ0) is 11.4. The molecule has 1 heterocycles. The molecule has 0 spiro atoms. The third-order valence-corrected chi connectivity index (χ3v) is 3.16. The lowest BCUT2D eigenvalue weighted by Crippen LogP contribution is -2.03. The van der Waals surface area contributed by atoms with E-state index in [4.69, 9.17) is 4.74 Å². The molecule has 0 bridgehead atoms. The first-order chi connectivity index (χ1) is 7.79. The molecule has 0 fully saturated rings. The molecule has 82 valence electrons. The van der Waals surface area contributed by atoms with Crippen molar-refractivity contribution >= 4 is 27.5 Å². The summed E-state index contributed by atoms with van der Waals surface area (Å²) < 4.78 is 6.06. The second-order valence-electron chi connectivity index (χ2n) is 3.20. The van der Waals surface area contributed by atoms with Crippen molar-refractivity contribution in [2.24, 2.45) is 0 Å². The number of nitrogens with zero attached hydrogens (tertiary/aromatic N) is 1. The fourth-order valence-electron chi connectivity index (χ4n) is 1.32. The summed E-state index contributed by atoms with van der Waals surface area (Å²) >= 11 is 1.63. The summed E-state index contributed by atoms with van der Waals surface area (Å²) in [5, 5.41) is 0.984. The number of carbonyl (C=O) groups excluding carboxylic acids is 1. The molecule has 0 aliphatic heterocycles.